The van der Waals surface area contributed by atoms with Crippen molar-refractivity contribution in [1.82, 2.24) is 4.72 Å². The van der Waals surface area contributed by atoms with Gasteiger partial charge in [-0.05, 0) is 67.1 Å². The van der Waals surface area contributed by atoms with E-state index in [-0.39, 0.29) is 16.7 Å². The Morgan fingerprint density at radius 1 is 1.04 bits per heavy atom. The van der Waals surface area contributed by atoms with E-state index in [1.165, 1.54) is 5.56 Å². The monoisotopic (exact) mass is 402 g/mol. The molecule has 0 heterocycles. The highest BCUT2D eigenvalue weighted by atomic mass is 32.2. The number of hydrogen-bond acceptors (Lipinski definition) is 3. The van der Waals surface area contributed by atoms with Gasteiger partial charge in [0.25, 0.3) is 0 Å². The molecule has 1 N–H and O–H groups in total. The minimum Gasteiger partial charge on any atom is -0.315 e. The zero-order chi connectivity index (χ0) is 20.9. The average molecular weight is 403 g/mol. The number of aryl methyl sites for hydroxylation is 3. The van der Waals surface area contributed by atoms with Crippen LogP contribution in [0.15, 0.2) is 47.4 Å². The van der Waals surface area contributed by atoms with Crippen molar-refractivity contribution in [1.29, 1.82) is 0 Å². The lowest BCUT2D eigenvalue weighted by Gasteiger charge is -2.18. The summed E-state index contributed by atoms with van der Waals surface area (Å²) in [6.45, 7) is 8.39. The molecule has 0 unspecified atom stereocenters. The van der Waals surface area contributed by atoms with Crippen molar-refractivity contribution in [2.45, 2.75) is 45.4 Å². The predicted octanol–water partition coefficient (Wildman–Crippen LogP) is 3.83. The van der Waals surface area contributed by atoms with Crippen LogP contribution in [0.25, 0.3) is 0 Å². The van der Waals surface area contributed by atoms with Gasteiger partial charge in [0, 0.05) is 25.7 Å². The molecule has 0 spiro atoms. The van der Waals surface area contributed by atoms with Gasteiger partial charge in [-0.25, -0.2) is 13.1 Å². The van der Waals surface area contributed by atoms with Crippen LogP contribution in [0.2, 0.25) is 0 Å². The smallest absolute Gasteiger partial charge is 0.240 e. The van der Waals surface area contributed by atoms with Gasteiger partial charge in [0.1, 0.15) is 0 Å². The Hall–Kier alpha value is -2.18. The molecule has 0 radical (unpaired) electrons. The molecule has 2 rings (SSSR count). The molecule has 28 heavy (non-hydrogen) atoms. The van der Waals surface area contributed by atoms with E-state index in [2.05, 4.69) is 4.72 Å². The van der Waals surface area contributed by atoms with Crippen LogP contribution < -0.4 is 9.62 Å². The molecule has 0 bridgehead atoms. The molecule has 0 aliphatic carbocycles. The summed E-state index contributed by atoms with van der Waals surface area (Å²) in [6.07, 6.45) is 0.925. The van der Waals surface area contributed by atoms with E-state index in [0.29, 0.717) is 19.4 Å². The molecule has 0 saturated heterocycles. The minimum atomic E-state index is -3.49. The van der Waals surface area contributed by atoms with E-state index in [4.69, 9.17) is 0 Å². The standard InChI is InChI=1S/C22H30N2O3S/c1-16(2)15-23-28(26,27)21-11-7-19(8-12-21)9-13-22(25)24(5)20-10-6-17(3)18(4)14-20/h6-8,10-12,14,16,23H,9,13,15H2,1-5H3. The minimum absolute atomic E-state index is 0.0264. The number of nitrogens with zero attached hydrogens (tertiary/aromatic N) is 1. The third kappa shape index (κ3) is 5.91. The maximum atomic E-state index is 12.5. The topological polar surface area (TPSA) is 66.5 Å². The SMILES string of the molecule is Cc1ccc(N(C)C(=O)CCc2ccc(S(=O)(=O)NCC(C)C)cc2)cc1C. The van der Waals surface area contributed by atoms with Gasteiger partial charge in [0.15, 0.2) is 0 Å². The van der Waals surface area contributed by atoms with Gasteiger partial charge in [-0.1, -0.05) is 32.0 Å². The Labute approximate surface area is 168 Å². The molecule has 1 amide bonds. The van der Waals surface area contributed by atoms with Crippen molar-refractivity contribution in [2.75, 3.05) is 18.5 Å². The first-order valence-electron chi connectivity index (χ1n) is 9.52. The van der Waals surface area contributed by atoms with Crippen molar-refractivity contribution in [3.63, 3.8) is 0 Å². The van der Waals surface area contributed by atoms with Crippen molar-refractivity contribution < 1.29 is 13.2 Å². The number of sulfonamides is 1. The van der Waals surface area contributed by atoms with E-state index in [0.717, 1.165) is 16.8 Å². The summed E-state index contributed by atoms with van der Waals surface area (Å²) in [5, 5.41) is 0. The molecule has 152 valence electrons. The normalized spacial score (nSPS) is 11.6. The number of anilines is 1. The zero-order valence-corrected chi connectivity index (χ0v) is 18.1. The lowest BCUT2D eigenvalue weighted by Crippen LogP contribution is -2.27. The number of amides is 1. The molecular weight excluding hydrogens is 372 g/mol. The van der Waals surface area contributed by atoms with Crippen LogP contribution in [0.5, 0.6) is 0 Å². The fraction of sp³-hybridized carbons (Fsp3) is 0.409. The van der Waals surface area contributed by atoms with Crippen LogP contribution in [-0.4, -0.2) is 27.9 Å². The van der Waals surface area contributed by atoms with Gasteiger partial charge in [0.2, 0.25) is 15.9 Å². The highest BCUT2D eigenvalue weighted by Crippen LogP contribution is 2.19. The van der Waals surface area contributed by atoms with Gasteiger partial charge >= 0.3 is 0 Å². The van der Waals surface area contributed by atoms with Crippen LogP contribution in [0.1, 0.15) is 37.0 Å². The summed E-state index contributed by atoms with van der Waals surface area (Å²) in [4.78, 5) is 14.4. The number of nitrogens with one attached hydrogen (secondary N) is 1. The highest BCUT2D eigenvalue weighted by Gasteiger charge is 2.15. The predicted molar refractivity (Wildman–Crippen MR) is 114 cm³/mol. The molecule has 0 atom stereocenters. The first kappa shape index (κ1) is 22.1. The summed E-state index contributed by atoms with van der Waals surface area (Å²) >= 11 is 0. The second-order valence-corrected chi connectivity index (χ2v) is 9.38. The molecule has 2 aromatic carbocycles. The molecule has 0 fully saturated rings. The number of rotatable bonds is 8. The largest absolute Gasteiger partial charge is 0.315 e. The van der Waals surface area contributed by atoms with Crippen LogP contribution in [-0.2, 0) is 21.2 Å². The van der Waals surface area contributed by atoms with Crippen LogP contribution in [0.3, 0.4) is 0 Å². The summed E-state index contributed by atoms with van der Waals surface area (Å²) in [6, 6.07) is 12.7. The summed E-state index contributed by atoms with van der Waals surface area (Å²) < 4.78 is 27.1. The fourth-order valence-corrected chi connectivity index (χ4v) is 3.91. The molecule has 0 aromatic heterocycles. The van der Waals surface area contributed by atoms with Gasteiger partial charge in [-0.3, -0.25) is 4.79 Å². The van der Waals surface area contributed by atoms with Gasteiger partial charge in [0.05, 0.1) is 4.90 Å². The van der Waals surface area contributed by atoms with Gasteiger partial charge in [-0.2, -0.15) is 0 Å². The first-order chi connectivity index (χ1) is 13.1. The highest BCUT2D eigenvalue weighted by molar-refractivity contribution is 7.89. The quantitative estimate of drug-likeness (QED) is 0.730. The van der Waals surface area contributed by atoms with Crippen LogP contribution in [0.4, 0.5) is 5.69 Å². The Morgan fingerprint density at radius 3 is 2.25 bits per heavy atom. The second kappa shape index (κ2) is 9.34. The third-order valence-corrected chi connectivity index (χ3v) is 6.23. The van der Waals surface area contributed by atoms with Crippen molar-refractivity contribution >= 4 is 21.6 Å². The Balaban J connectivity index is 1.97. The van der Waals surface area contributed by atoms with Crippen molar-refractivity contribution in [3.8, 4) is 0 Å². The lowest BCUT2D eigenvalue weighted by molar-refractivity contribution is -0.118. The van der Waals surface area contributed by atoms with E-state index >= 15 is 0 Å². The van der Waals surface area contributed by atoms with E-state index in [1.807, 2.05) is 45.9 Å². The Kier molecular flexibility index (Phi) is 7.38. The fourth-order valence-electron chi connectivity index (χ4n) is 2.69. The van der Waals surface area contributed by atoms with E-state index < -0.39 is 10.0 Å². The van der Waals surface area contributed by atoms with Gasteiger partial charge < -0.3 is 4.90 Å². The molecule has 0 aliphatic heterocycles. The second-order valence-electron chi connectivity index (χ2n) is 7.61. The maximum Gasteiger partial charge on any atom is 0.240 e. The summed E-state index contributed by atoms with van der Waals surface area (Å²) in [5.74, 6) is 0.271. The third-order valence-electron chi connectivity index (χ3n) is 4.79. The molecule has 2 aromatic rings. The van der Waals surface area contributed by atoms with E-state index in [1.54, 1.807) is 36.2 Å². The number of carbonyl (C=O) groups is 1. The molecular formula is C22H30N2O3S. The van der Waals surface area contributed by atoms with Gasteiger partial charge in [-0.15, -0.1) is 0 Å². The number of hydrogen-bond donors (Lipinski definition) is 1. The first-order valence-corrected chi connectivity index (χ1v) is 11.0. The summed E-state index contributed by atoms with van der Waals surface area (Å²) in [7, 11) is -1.71. The molecule has 5 nitrogen and oxygen atoms in total. The lowest BCUT2D eigenvalue weighted by atomic mass is 10.1. The van der Waals surface area contributed by atoms with Crippen molar-refractivity contribution in [3.05, 3.63) is 59.2 Å². The molecule has 0 aliphatic rings. The number of benzene rings is 2. The van der Waals surface area contributed by atoms with E-state index in [9.17, 15) is 13.2 Å². The van der Waals surface area contributed by atoms with Crippen molar-refractivity contribution in [2.24, 2.45) is 5.92 Å². The average Bonchev–Trinajstić information content (AvgIpc) is 2.66. The van der Waals surface area contributed by atoms with Crippen LogP contribution in [0, 0.1) is 19.8 Å². The Bertz CT molecular complexity index is 919. The van der Waals surface area contributed by atoms with Crippen LogP contribution >= 0.6 is 0 Å². The zero-order valence-electron chi connectivity index (χ0n) is 17.3. The molecule has 6 heteroatoms. The molecule has 0 saturated carbocycles. The number of carbonyl (C=O) groups excluding carboxylic acids is 1. The maximum absolute atomic E-state index is 12.5. The summed E-state index contributed by atoms with van der Waals surface area (Å²) in [5.41, 5.74) is 4.16. The Morgan fingerprint density at radius 2 is 1.68 bits per heavy atom.